The van der Waals surface area contributed by atoms with Crippen molar-refractivity contribution in [1.29, 1.82) is 0 Å². The van der Waals surface area contributed by atoms with Crippen molar-refractivity contribution in [3.63, 3.8) is 0 Å². The van der Waals surface area contributed by atoms with Gasteiger partial charge in [0.25, 0.3) is 5.91 Å². The Morgan fingerprint density at radius 1 is 1.22 bits per heavy atom. The molecule has 2 amide bonds. The van der Waals surface area contributed by atoms with Crippen molar-refractivity contribution in [2.45, 2.75) is 38.6 Å². The molecule has 0 spiro atoms. The first kappa shape index (κ1) is 18.5. The number of nitrogens with one attached hydrogen (secondary N) is 1. The molecule has 142 valence electrons. The maximum absolute atomic E-state index is 12.6. The lowest BCUT2D eigenvalue weighted by atomic mass is 9.87. The van der Waals surface area contributed by atoms with Crippen LogP contribution in [0.2, 0.25) is 5.02 Å². The van der Waals surface area contributed by atoms with Gasteiger partial charge in [-0.15, -0.1) is 11.3 Å². The third-order valence-corrected chi connectivity index (χ3v) is 6.87. The fraction of sp³-hybridized carbons (Fsp3) is 0.429. The van der Waals surface area contributed by atoms with Gasteiger partial charge in [-0.05, 0) is 61.4 Å². The Morgan fingerprint density at radius 3 is 2.81 bits per heavy atom. The summed E-state index contributed by atoms with van der Waals surface area (Å²) in [5, 5.41) is 3.71. The van der Waals surface area contributed by atoms with Crippen molar-refractivity contribution in [2.75, 3.05) is 13.1 Å². The molecular formula is C21H23ClN2O2S. The molecule has 1 aromatic heterocycles. The SMILES string of the molecule is O=C(NCc1cccc(Cl)c1)C1CCc2sc(C(=O)N3CCCC3)cc2C1. The van der Waals surface area contributed by atoms with Crippen LogP contribution in [-0.4, -0.2) is 29.8 Å². The molecule has 0 radical (unpaired) electrons. The number of rotatable bonds is 4. The van der Waals surface area contributed by atoms with Crippen molar-refractivity contribution in [1.82, 2.24) is 10.2 Å². The van der Waals surface area contributed by atoms with Crippen LogP contribution in [0.4, 0.5) is 0 Å². The van der Waals surface area contributed by atoms with Gasteiger partial charge in [0.05, 0.1) is 4.88 Å². The van der Waals surface area contributed by atoms with Crippen LogP contribution in [0.25, 0.3) is 0 Å². The molecule has 1 unspecified atom stereocenters. The van der Waals surface area contributed by atoms with E-state index in [-0.39, 0.29) is 17.7 Å². The fourth-order valence-corrected chi connectivity index (χ4v) is 5.30. The molecule has 1 aliphatic carbocycles. The maximum Gasteiger partial charge on any atom is 0.263 e. The minimum Gasteiger partial charge on any atom is -0.352 e. The average Bonchev–Trinajstić information content (AvgIpc) is 3.34. The molecule has 27 heavy (non-hydrogen) atoms. The normalized spacial score (nSPS) is 19.0. The highest BCUT2D eigenvalue weighted by Gasteiger charge is 2.29. The first-order valence-electron chi connectivity index (χ1n) is 9.53. The van der Waals surface area contributed by atoms with E-state index in [0.717, 1.165) is 55.6 Å². The number of fused-ring (bicyclic) bond motifs is 1. The number of nitrogens with zero attached hydrogens (tertiary/aromatic N) is 1. The van der Waals surface area contributed by atoms with E-state index in [4.69, 9.17) is 11.6 Å². The van der Waals surface area contributed by atoms with Crippen LogP contribution >= 0.6 is 22.9 Å². The van der Waals surface area contributed by atoms with Crippen LogP contribution in [0, 0.1) is 5.92 Å². The lowest BCUT2D eigenvalue weighted by Crippen LogP contribution is -2.33. The quantitative estimate of drug-likeness (QED) is 0.838. The van der Waals surface area contributed by atoms with Crippen LogP contribution in [0.5, 0.6) is 0 Å². The van der Waals surface area contributed by atoms with Crippen LogP contribution in [0.15, 0.2) is 30.3 Å². The number of hydrogen-bond acceptors (Lipinski definition) is 3. The van der Waals surface area contributed by atoms with Crippen molar-refractivity contribution >= 4 is 34.8 Å². The number of thiophene rings is 1. The molecule has 0 saturated carbocycles. The van der Waals surface area contributed by atoms with Gasteiger partial charge in [-0.25, -0.2) is 0 Å². The second-order valence-corrected chi connectivity index (χ2v) is 8.92. The zero-order valence-electron chi connectivity index (χ0n) is 15.2. The molecule has 4 nitrogen and oxygen atoms in total. The Hall–Kier alpha value is -1.85. The molecule has 1 atom stereocenters. The van der Waals surface area contributed by atoms with Crippen molar-refractivity contribution in [3.05, 3.63) is 56.2 Å². The molecule has 2 aliphatic rings. The summed E-state index contributed by atoms with van der Waals surface area (Å²) >= 11 is 7.62. The second-order valence-electron chi connectivity index (χ2n) is 7.35. The monoisotopic (exact) mass is 402 g/mol. The van der Waals surface area contributed by atoms with Gasteiger partial charge in [0.15, 0.2) is 0 Å². The summed E-state index contributed by atoms with van der Waals surface area (Å²) in [4.78, 5) is 29.3. The number of halogens is 1. The molecule has 4 rings (SSSR count). The summed E-state index contributed by atoms with van der Waals surface area (Å²) in [5.41, 5.74) is 2.18. The largest absolute Gasteiger partial charge is 0.352 e. The summed E-state index contributed by atoms with van der Waals surface area (Å²) in [6, 6.07) is 9.57. The molecule has 1 saturated heterocycles. The van der Waals surface area contributed by atoms with Crippen molar-refractivity contribution < 1.29 is 9.59 Å². The second kappa shape index (κ2) is 8.03. The number of likely N-dealkylation sites (tertiary alicyclic amines) is 1. The molecule has 1 aliphatic heterocycles. The zero-order chi connectivity index (χ0) is 18.8. The lowest BCUT2D eigenvalue weighted by molar-refractivity contribution is -0.125. The third kappa shape index (κ3) is 4.19. The predicted molar refractivity (Wildman–Crippen MR) is 108 cm³/mol. The minimum atomic E-state index is -0.0268. The average molecular weight is 403 g/mol. The molecule has 2 heterocycles. The Labute approximate surface area is 168 Å². The van der Waals surface area contributed by atoms with Gasteiger partial charge in [-0.1, -0.05) is 23.7 Å². The first-order chi connectivity index (χ1) is 13.1. The van der Waals surface area contributed by atoms with Crippen LogP contribution < -0.4 is 5.32 Å². The standard InChI is InChI=1S/C21H23ClN2O2S/c22-17-5-3-4-14(10-17)13-23-20(25)15-6-7-18-16(11-15)12-19(27-18)21(26)24-8-1-2-9-24/h3-5,10,12,15H,1-2,6-9,11,13H2,(H,23,25). The molecule has 1 N–H and O–H groups in total. The summed E-state index contributed by atoms with van der Waals surface area (Å²) in [7, 11) is 0. The molecule has 6 heteroatoms. The van der Waals surface area contributed by atoms with E-state index in [1.165, 1.54) is 10.4 Å². The summed E-state index contributed by atoms with van der Waals surface area (Å²) in [5.74, 6) is 0.217. The first-order valence-corrected chi connectivity index (χ1v) is 10.7. The summed E-state index contributed by atoms with van der Waals surface area (Å²) < 4.78 is 0. The molecule has 1 fully saturated rings. The van der Waals surface area contributed by atoms with Crippen LogP contribution in [-0.2, 0) is 24.2 Å². The third-order valence-electron chi connectivity index (χ3n) is 5.41. The van der Waals surface area contributed by atoms with E-state index in [1.807, 2.05) is 35.2 Å². The van der Waals surface area contributed by atoms with Gasteiger partial charge in [0.2, 0.25) is 5.91 Å². The topological polar surface area (TPSA) is 49.4 Å². The molecule has 1 aromatic carbocycles. The van der Waals surface area contributed by atoms with E-state index in [1.54, 1.807) is 11.3 Å². The van der Waals surface area contributed by atoms with E-state index in [0.29, 0.717) is 11.6 Å². The Bertz CT molecular complexity index is 858. The smallest absolute Gasteiger partial charge is 0.263 e. The number of carbonyl (C=O) groups excluding carboxylic acids is 2. The highest BCUT2D eigenvalue weighted by molar-refractivity contribution is 7.14. The van der Waals surface area contributed by atoms with E-state index in [9.17, 15) is 9.59 Å². The van der Waals surface area contributed by atoms with Crippen molar-refractivity contribution in [3.8, 4) is 0 Å². The van der Waals surface area contributed by atoms with Gasteiger partial charge in [-0.3, -0.25) is 9.59 Å². The number of carbonyl (C=O) groups is 2. The Morgan fingerprint density at radius 2 is 2.04 bits per heavy atom. The van der Waals surface area contributed by atoms with Crippen LogP contribution in [0.1, 0.15) is 44.9 Å². The zero-order valence-corrected chi connectivity index (χ0v) is 16.7. The summed E-state index contributed by atoms with van der Waals surface area (Å²) in [6.45, 7) is 2.23. The highest BCUT2D eigenvalue weighted by atomic mass is 35.5. The fourth-order valence-electron chi connectivity index (χ4n) is 3.91. The number of aryl methyl sites for hydroxylation is 1. The van der Waals surface area contributed by atoms with Gasteiger partial charge < -0.3 is 10.2 Å². The van der Waals surface area contributed by atoms with Gasteiger partial charge in [0.1, 0.15) is 0 Å². The van der Waals surface area contributed by atoms with Crippen LogP contribution in [0.3, 0.4) is 0 Å². The Balaban J connectivity index is 1.37. The number of amides is 2. The number of benzene rings is 1. The highest BCUT2D eigenvalue weighted by Crippen LogP contribution is 2.33. The number of hydrogen-bond donors (Lipinski definition) is 1. The van der Waals surface area contributed by atoms with E-state index < -0.39 is 0 Å². The maximum atomic E-state index is 12.6. The molecule has 0 bridgehead atoms. The molecular weight excluding hydrogens is 380 g/mol. The van der Waals surface area contributed by atoms with Crippen molar-refractivity contribution in [2.24, 2.45) is 5.92 Å². The Kier molecular flexibility index (Phi) is 5.50. The van der Waals surface area contributed by atoms with Gasteiger partial charge >= 0.3 is 0 Å². The summed E-state index contributed by atoms with van der Waals surface area (Å²) in [6.07, 6.45) is 4.65. The van der Waals surface area contributed by atoms with E-state index in [2.05, 4.69) is 5.32 Å². The molecule has 2 aromatic rings. The minimum absolute atomic E-state index is 0.0268. The van der Waals surface area contributed by atoms with Gasteiger partial charge in [-0.2, -0.15) is 0 Å². The predicted octanol–water partition coefficient (Wildman–Crippen LogP) is 4.06. The van der Waals surface area contributed by atoms with Gasteiger partial charge in [0, 0.05) is 35.5 Å². The lowest BCUT2D eigenvalue weighted by Gasteiger charge is -2.21. The van der Waals surface area contributed by atoms with E-state index >= 15 is 0 Å².